The summed E-state index contributed by atoms with van der Waals surface area (Å²) in [6, 6.07) is -0.522. The summed E-state index contributed by atoms with van der Waals surface area (Å²) in [7, 11) is 0. The molecule has 0 aromatic rings. The van der Waals surface area contributed by atoms with E-state index in [0.717, 1.165) is 0 Å². The standard InChI is InChI=1S/C7H12N2O3/c1-4-8-7(11)9-5(2)12-6(3)10/h4-5,10H,3H2,1-2H3,(H,9,11)/b8-4+. The number of aliphatic hydroxyl groups is 1. The fourth-order valence-electron chi connectivity index (χ4n) is 0.562. The monoisotopic (exact) mass is 172 g/mol. The van der Waals surface area contributed by atoms with Crippen LogP contribution < -0.4 is 5.32 Å². The van der Waals surface area contributed by atoms with Crippen LogP contribution in [0, 0.1) is 0 Å². The number of rotatable bonds is 3. The van der Waals surface area contributed by atoms with Gasteiger partial charge in [0.1, 0.15) is 0 Å². The van der Waals surface area contributed by atoms with Crippen LogP contribution in [0.5, 0.6) is 0 Å². The summed E-state index contributed by atoms with van der Waals surface area (Å²) < 4.78 is 4.62. The van der Waals surface area contributed by atoms with Gasteiger partial charge < -0.3 is 15.2 Å². The van der Waals surface area contributed by atoms with Crippen LogP contribution in [0.4, 0.5) is 4.79 Å². The predicted molar refractivity (Wildman–Crippen MR) is 45.0 cm³/mol. The third-order valence-electron chi connectivity index (χ3n) is 0.886. The molecule has 0 aliphatic heterocycles. The number of carbonyl (C=O) groups is 1. The molecular formula is C7H12N2O3. The van der Waals surface area contributed by atoms with E-state index < -0.39 is 18.2 Å². The van der Waals surface area contributed by atoms with Gasteiger partial charge in [-0.1, -0.05) is 0 Å². The van der Waals surface area contributed by atoms with Crippen molar-refractivity contribution in [3.63, 3.8) is 0 Å². The van der Waals surface area contributed by atoms with Gasteiger partial charge in [0.15, 0.2) is 6.23 Å². The molecular weight excluding hydrogens is 160 g/mol. The summed E-state index contributed by atoms with van der Waals surface area (Å²) >= 11 is 0. The van der Waals surface area contributed by atoms with Gasteiger partial charge in [0.05, 0.1) is 0 Å². The fraction of sp³-hybridized carbons (Fsp3) is 0.429. The molecule has 0 radical (unpaired) electrons. The second-order valence-corrected chi connectivity index (χ2v) is 1.99. The Morgan fingerprint density at radius 1 is 1.83 bits per heavy atom. The van der Waals surface area contributed by atoms with Crippen molar-refractivity contribution in [2.45, 2.75) is 20.1 Å². The lowest BCUT2D eigenvalue weighted by Crippen LogP contribution is -2.32. The van der Waals surface area contributed by atoms with Crippen molar-refractivity contribution in [3.05, 3.63) is 12.5 Å². The van der Waals surface area contributed by atoms with Crippen LogP contribution >= 0.6 is 0 Å². The summed E-state index contributed by atoms with van der Waals surface area (Å²) in [5.41, 5.74) is 0. The average molecular weight is 172 g/mol. The molecule has 0 fully saturated rings. The minimum atomic E-state index is -0.640. The van der Waals surface area contributed by atoms with E-state index in [1.165, 1.54) is 6.21 Å². The smallest absolute Gasteiger partial charge is 0.343 e. The number of nitrogens with one attached hydrogen (secondary N) is 1. The van der Waals surface area contributed by atoms with Crippen LogP contribution in [-0.4, -0.2) is 23.6 Å². The zero-order valence-electron chi connectivity index (χ0n) is 7.07. The molecule has 0 heterocycles. The molecule has 1 atom stereocenters. The van der Waals surface area contributed by atoms with E-state index in [-0.39, 0.29) is 0 Å². The first-order valence-corrected chi connectivity index (χ1v) is 3.40. The molecule has 0 saturated carbocycles. The molecule has 5 nitrogen and oxygen atoms in total. The van der Waals surface area contributed by atoms with Gasteiger partial charge in [-0.2, -0.15) is 0 Å². The number of amides is 2. The quantitative estimate of drug-likeness (QED) is 0.381. The Morgan fingerprint density at radius 2 is 2.42 bits per heavy atom. The normalized spacial score (nSPS) is 12.5. The second kappa shape index (κ2) is 5.17. The largest absolute Gasteiger partial charge is 0.481 e. The highest BCUT2D eigenvalue weighted by Crippen LogP contribution is 1.92. The number of carbonyl (C=O) groups excluding carboxylic acids is 1. The van der Waals surface area contributed by atoms with Crippen molar-refractivity contribution < 1.29 is 14.6 Å². The molecule has 0 spiro atoms. The van der Waals surface area contributed by atoms with Crippen molar-refractivity contribution in [2.24, 2.45) is 4.99 Å². The van der Waals surface area contributed by atoms with E-state index in [4.69, 9.17) is 5.11 Å². The minimum absolute atomic E-state index is 0.441. The molecule has 68 valence electrons. The molecule has 0 bridgehead atoms. The van der Waals surface area contributed by atoms with Gasteiger partial charge in [0.2, 0.25) is 0 Å². The third kappa shape index (κ3) is 5.28. The Hall–Kier alpha value is -1.52. The molecule has 12 heavy (non-hydrogen) atoms. The summed E-state index contributed by atoms with van der Waals surface area (Å²) in [5.74, 6) is -0.441. The molecule has 2 amide bonds. The second-order valence-electron chi connectivity index (χ2n) is 1.99. The predicted octanol–water partition coefficient (Wildman–Crippen LogP) is 1.18. The first-order chi connectivity index (χ1) is 5.56. The topological polar surface area (TPSA) is 70.9 Å². The molecule has 0 aromatic carbocycles. The van der Waals surface area contributed by atoms with E-state index >= 15 is 0 Å². The number of aliphatic imine (C=N–C) groups is 1. The first kappa shape index (κ1) is 10.5. The Bertz CT molecular complexity index is 201. The van der Waals surface area contributed by atoms with Gasteiger partial charge in [-0.15, -0.1) is 0 Å². The maximum absolute atomic E-state index is 10.7. The number of ether oxygens (including phenoxy) is 1. The number of nitrogens with zero attached hydrogens (tertiary/aromatic N) is 1. The molecule has 0 rings (SSSR count). The van der Waals surface area contributed by atoms with Crippen LogP contribution in [0.2, 0.25) is 0 Å². The Labute approximate surface area is 70.8 Å². The highest BCUT2D eigenvalue weighted by molar-refractivity contribution is 5.82. The zero-order chi connectivity index (χ0) is 9.56. The fourth-order valence-corrected chi connectivity index (χ4v) is 0.562. The Kier molecular flexibility index (Phi) is 4.52. The van der Waals surface area contributed by atoms with E-state index in [2.05, 4.69) is 21.6 Å². The number of aliphatic hydroxyl groups excluding tert-OH is 1. The highest BCUT2D eigenvalue weighted by atomic mass is 16.6. The minimum Gasteiger partial charge on any atom is -0.481 e. The van der Waals surface area contributed by atoms with Gasteiger partial charge in [-0.25, -0.2) is 9.79 Å². The van der Waals surface area contributed by atoms with Gasteiger partial charge >= 0.3 is 6.03 Å². The summed E-state index contributed by atoms with van der Waals surface area (Å²) in [5, 5.41) is 10.9. The van der Waals surface area contributed by atoms with Crippen molar-refractivity contribution in [1.29, 1.82) is 0 Å². The van der Waals surface area contributed by atoms with Crippen LogP contribution in [-0.2, 0) is 4.74 Å². The lowest BCUT2D eigenvalue weighted by Gasteiger charge is -2.12. The molecule has 1 unspecified atom stereocenters. The lowest BCUT2D eigenvalue weighted by molar-refractivity contribution is 0.0326. The van der Waals surface area contributed by atoms with E-state index in [1.807, 2.05) is 0 Å². The maximum atomic E-state index is 10.7. The molecule has 0 saturated heterocycles. The Morgan fingerprint density at radius 3 is 2.83 bits per heavy atom. The van der Waals surface area contributed by atoms with Crippen LogP contribution in [0.15, 0.2) is 17.5 Å². The Balaban J connectivity index is 3.76. The average Bonchev–Trinajstić information content (AvgIpc) is 1.84. The third-order valence-corrected chi connectivity index (χ3v) is 0.886. The van der Waals surface area contributed by atoms with Crippen molar-refractivity contribution >= 4 is 12.2 Å². The maximum Gasteiger partial charge on any atom is 0.343 e. The summed E-state index contributed by atoms with van der Waals surface area (Å²) in [6.07, 6.45) is 0.717. The van der Waals surface area contributed by atoms with Gasteiger partial charge in [0.25, 0.3) is 5.95 Å². The van der Waals surface area contributed by atoms with E-state index in [0.29, 0.717) is 0 Å². The molecule has 5 heteroatoms. The van der Waals surface area contributed by atoms with E-state index in [9.17, 15) is 4.79 Å². The molecule has 0 aliphatic rings. The van der Waals surface area contributed by atoms with Gasteiger partial charge in [-0.05, 0) is 20.4 Å². The summed E-state index contributed by atoms with van der Waals surface area (Å²) in [6.45, 7) is 6.26. The van der Waals surface area contributed by atoms with Crippen LogP contribution in [0.25, 0.3) is 0 Å². The highest BCUT2D eigenvalue weighted by Gasteiger charge is 2.05. The van der Waals surface area contributed by atoms with E-state index in [1.54, 1.807) is 13.8 Å². The van der Waals surface area contributed by atoms with Crippen molar-refractivity contribution in [3.8, 4) is 0 Å². The number of urea groups is 1. The van der Waals surface area contributed by atoms with Crippen molar-refractivity contribution in [1.82, 2.24) is 5.32 Å². The number of hydrogen-bond donors (Lipinski definition) is 2. The van der Waals surface area contributed by atoms with Crippen LogP contribution in [0.1, 0.15) is 13.8 Å². The van der Waals surface area contributed by atoms with Crippen molar-refractivity contribution in [2.75, 3.05) is 0 Å². The van der Waals surface area contributed by atoms with Gasteiger partial charge in [-0.3, -0.25) is 0 Å². The molecule has 2 N–H and O–H groups in total. The molecule has 0 aromatic heterocycles. The van der Waals surface area contributed by atoms with Gasteiger partial charge in [0, 0.05) is 6.21 Å². The summed E-state index contributed by atoms with van der Waals surface area (Å²) in [4.78, 5) is 14.1. The van der Waals surface area contributed by atoms with Crippen LogP contribution in [0.3, 0.4) is 0 Å². The first-order valence-electron chi connectivity index (χ1n) is 3.40. The number of hydrogen-bond acceptors (Lipinski definition) is 3. The zero-order valence-corrected chi connectivity index (χ0v) is 7.07. The SMILES string of the molecule is C=C(O)OC(C)NC(=O)/N=C/C. The lowest BCUT2D eigenvalue weighted by atomic mass is 10.6. The molecule has 0 aliphatic carbocycles.